The first-order chi connectivity index (χ1) is 5.36. The van der Waals surface area contributed by atoms with Crippen molar-refractivity contribution < 1.29 is 0 Å². The fourth-order valence-electron chi connectivity index (χ4n) is 0.978. The second kappa shape index (κ2) is 2.51. The van der Waals surface area contributed by atoms with E-state index in [-0.39, 0.29) is 0 Å². The zero-order valence-corrected chi connectivity index (χ0v) is 6.47. The molecule has 1 radical (unpaired) electrons. The average molecular weight is 163 g/mol. The Bertz CT molecular complexity index is 384. The van der Waals surface area contributed by atoms with Crippen LogP contribution in [-0.4, -0.2) is 4.98 Å². The number of fused-ring (bicyclic) bond motifs is 1. The van der Waals surface area contributed by atoms with Crippen LogP contribution in [0.1, 0.15) is 0 Å². The molecule has 0 spiro atoms. The fraction of sp³-hybridized carbons (Fsp3) is 0. The van der Waals surface area contributed by atoms with Crippen molar-refractivity contribution in [3.05, 3.63) is 41.6 Å². The maximum absolute atomic E-state index is 5.76. The van der Waals surface area contributed by atoms with Crippen molar-refractivity contribution in [1.29, 1.82) is 0 Å². The molecule has 0 N–H and O–H groups in total. The monoisotopic (exact) mass is 162 g/mol. The highest BCUT2D eigenvalue weighted by Crippen LogP contribution is 2.15. The largest absolute Gasteiger partial charge is 0.256 e. The summed E-state index contributed by atoms with van der Waals surface area (Å²) in [6, 6.07) is 10.4. The Kier molecular flexibility index (Phi) is 1.51. The number of aromatic nitrogens is 1. The van der Waals surface area contributed by atoms with Gasteiger partial charge in [-0.05, 0) is 24.3 Å². The van der Waals surface area contributed by atoms with Crippen LogP contribution in [0.15, 0.2) is 30.5 Å². The molecule has 0 unspecified atom stereocenters. The van der Waals surface area contributed by atoms with Crippen LogP contribution in [0.25, 0.3) is 10.9 Å². The summed E-state index contributed by atoms with van der Waals surface area (Å²) in [6.45, 7) is 0. The fourth-order valence-corrected chi connectivity index (χ4v) is 1.14. The molecule has 1 nitrogen and oxygen atoms in total. The van der Waals surface area contributed by atoms with Gasteiger partial charge >= 0.3 is 0 Å². The van der Waals surface area contributed by atoms with E-state index >= 15 is 0 Å². The van der Waals surface area contributed by atoms with Crippen LogP contribution in [-0.2, 0) is 0 Å². The van der Waals surface area contributed by atoms with E-state index in [1.807, 2.05) is 18.2 Å². The summed E-state index contributed by atoms with van der Waals surface area (Å²) in [6.07, 6.45) is 1.71. The van der Waals surface area contributed by atoms with Gasteiger partial charge in [0.15, 0.2) is 0 Å². The quantitative estimate of drug-likeness (QED) is 0.581. The predicted octanol–water partition coefficient (Wildman–Crippen LogP) is 2.69. The van der Waals surface area contributed by atoms with Gasteiger partial charge in [0, 0.05) is 16.6 Å². The molecule has 0 saturated carbocycles. The van der Waals surface area contributed by atoms with Crippen LogP contribution in [0.3, 0.4) is 0 Å². The van der Waals surface area contributed by atoms with Crippen LogP contribution in [0.5, 0.6) is 0 Å². The summed E-state index contributed by atoms with van der Waals surface area (Å²) in [4.78, 5) is 4.13. The molecule has 1 aromatic heterocycles. The lowest BCUT2D eigenvalue weighted by molar-refractivity contribution is 1.41. The van der Waals surface area contributed by atoms with Crippen molar-refractivity contribution in [3.8, 4) is 0 Å². The van der Waals surface area contributed by atoms with Crippen LogP contribution in [0.2, 0.25) is 5.02 Å². The molecule has 0 saturated heterocycles. The third-order valence-electron chi connectivity index (χ3n) is 1.49. The van der Waals surface area contributed by atoms with Crippen molar-refractivity contribution in [2.24, 2.45) is 0 Å². The molecule has 2 rings (SSSR count). The molecule has 1 heterocycles. The zero-order valence-electron chi connectivity index (χ0n) is 5.71. The highest BCUT2D eigenvalue weighted by Gasteiger charge is 1.92. The van der Waals surface area contributed by atoms with E-state index in [1.165, 1.54) is 0 Å². The first kappa shape index (κ1) is 6.62. The van der Waals surface area contributed by atoms with Gasteiger partial charge < -0.3 is 0 Å². The second-order valence-electron chi connectivity index (χ2n) is 2.25. The topological polar surface area (TPSA) is 12.9 Å². The van der Waals surface area contributed by atoms with E-state index in [4.69, 9.17) is 11.6 Å². The average Bonchev–Trinajstić information content (AvgIpc) is 2.04. The minimum Gasteiger partial charge on any atom is -0.256 e. The Hall–Kier alpha value is -1.08. The van der Waals surface area contributed by atoms with E-state index in [2.05, 4.69) is 11.1 Å². The number of hydrogen-bond acceptors (Lipinski definition) is 1. The van der Waals surface area contributed by atoms with Gasteiger partial charge in [0.2, 0.25) is 0 Å². The maximum atomic E-state index is 5.76. The second-order valence-corrected chi connectivity index (χ2v) is 2.69. The number of hydrogen-bond donors (Lipinski definition) is 0. The smallest absolute Gasteiger partial charge is 0.0723 e. The van der Waals surface area contributed by atoms with E-state index in [0.717, 1.165) is 10.9 Å². The molecular weight excluding hydrogens is 158 g/mol. The van der Waals surface area contributed by atoms with Crippen LogP contribution < -0.4 is 0 Å². The molecule has 0 fully saturated rings. The van der Waals surface area contributed by atoms with E-state index in [9.17, 15) is 0 Å². The molecule has 2 aromatic rings. The van der Waals surface area contributed by atoms with Gasteiger partial charge in [-0.15, -0.1) is 0 Å². The highest BCUT2D eigenvalue weighted by molar-refractivity contribution is 6.31. The molecule has 0 aliphatic carbocycles. The number of halogens is 1. The molecule has 0 aliphatic heterocycles. The Morgan fingerprint density at radius 2 is 2.27 bits per heavy atom. The van der Waals surface area contributed by atoms with Crippen LogP contribution >= 0.6 is 11.6 Å². The molecule has 53 valence electrons. The summed E-state index contributed by atoms with van der Waals surface area (Å²) < 4.78 is 0. The molecule has 0 amide bonds. The van der Waals surface area contributed by atoms with Gasteiger partial charge in [-0.25, -0.2) is 0 Å². The number of benzene rings is 1. The maximum Gasteiger partial charge on any atom is 0.0723 e. The van der Waals surface area contributed by atoms with Gasteiger partial charge in [-0.3, -0.25) is 4.98 Å². The van der Waals surface area contributed by atoms with Crippen LogP contribution in [0.4, 0.5) is 0 Å². The molecule has 11 heavy (non-hydrogen) atoms. The van der Waals surface area contributed by atoms with E-state index < -0.39 is 0 Å². The summed E-state index contributed by atoms with van der Waals surface area (Å²) in [5.74, 6) is 0. The van der Waals surface area contributed by atoms with Crippen molar-refractivity contribution in [2.75, 3.05) is 0 Å². The van der Waals surface area contributed by atoms with E-state index in [1.54, 1.807) is 12.3 Å². The third kappa shape index (κ3) is 1.19. The van der Waals surface area contributed by atoms with Crippen molar-refractivity contribution >= 4 is 22.5 Å². The number of rotatable bonds is 0. The van der Waals surface area contributed by atoms with Gasteiger partial charge in [0.25, 0.3) is 0 Å². The Morgan fingerprint density at radius 1 is 1.36 bits per heavy atom. The Labute approximate surface area is 69.6 Å². The highest BCUT2D eigenvalue weighted by atomic mass is 35.5. The van der Waals surface area contributed by atoms with Crippen LogP contribution in [0, 0.1) is 6.07 Å². The van der Waals surface area contributed by atoms with Crippen molar-refractivity contribution in [2.45, 2.75) is 0 Å². The van der Waals surface area contributed by atoms with Gasteiger partial charge in [-0.2, -0.15) is 0 Å². The Balaban J connectivity index is 2.83. The first-order valence-corrected chi connectivity index (χ1v) is 3.66. The predicted molar refractivity (Wildman–Crippen MR) is 45.6 cm³/mol. The molecule has 1 aromatic carbocycles. The lowest BCUT2D eigenvalue weighted by Gasteiger charge is -1.94. The summed E-state index contributed by atoms with van der Waals surface area (Å²) in [5.41, 5.74) is 0.889. The SMILES string of the molecule is Clc1ccc2[c]ccnc2c1. The van der Waals surface area contributed by atoms with Gasteiger partial charge in [0.1, 0.15) is 0 Å². The van der Waals surface area contributed by atoms with Gasteiger partial charge in [0.05, 0.1) is 5.52 Å². The van der Waals surface area contributed by atoms with Crippen molar-refractivity contribution in [3.63, 3.8) is 0 Å². The lowest BCUT2D eigenvalue weighted by Crippen LogP contribution is -1.75. The number of nitrogens with zero attached hydrogens (tertiary/aromatic N) is 1. The zero-order chi connectivity index (χ0) is 7.68. The first-order valence-electron chi connectivity index (χ1n) is 3.28. The minimum absolute atomic E-state index is 0.713. The summed E-state index contributed by atoms with van der Waals surface area (Å²) in [7, 11) is 0. The molecule has 2 heteroatoms. The molecule has 0 atom stereocenters. The lowest BCUT2D eigenvalue weighted by atomic mass is 10.2. The Morgan fingerprint density at radius 3 is 3.18 bits per heavy atom. The summed E-state index contributed by atoms with van der Waals surface area (Å²) in [5, 5.41) is 1.71. The molecule has 0 aliphatic rings. The minimum atomic E-state index is 0.713. The number of pyridine rings is 1. The summed E-state index contributed by atoms with van der Waals surface area (Å²) >= 11 is 5.76. The molecular formula is C9H5ClN. The van der Waals surface area contributed by atoms with Gasteiger partial charge in [-0.1, -0.05) is 17.7 Å². The molecule has 0 bridgehead atoms. The standard InChI is InChI=1S/C9H5ClN/c10-8-4-3-7-2-1-5-11-9(7)6-8/h1,3-6H. The third-order valence-corrected chi connectivity index (χ3v) is 1.72. The normalized spacial score (nSPS) is 10.3. The van der Waals surface area contributed by atoms with E-state index in [0.29, 0.717) is 5.02 Å². The van der Waals surface area contributed by atoms with Crippen molar-refractivity contribution in [1.82, 2.24) is 4.98 Å².